The number of hydrogen-bond donors (Lipinski definition) is 0. The second-order valence-electron chi connectivity index (χ2n) is 17.8. The molecule has 0 aliphatic carbocycles. The molecule has 0 atom stereocenters. The summed E-state index contributed by atoms with van der Waals surface area (Å²) in [5.41, 5.74) is 0. The summed E-state index contributed by atoms with van der Waals surface area (Å²) in [6.45, 7) is 25.2. The van der Waals surface area contributed by atoms with Gasteiger partial charge in [-0.2, -0.15) is 0 Å². The SMILES string of the molecule is CCCCOc1cc(OCCCC)c(S(OC(=O)CCC)(c2c(OCCCC)cc(OCCCC)cc2OCCCC)c2c(OCCCC)cc(OCCCC)cc2OCCCC)c(OCCCC)c1. The van der Waals surface area contributed by atoms with Gasteiger partial charge in [0.15, 0.2) is 0 Å². The van der Waals surface area contributed by atoms with Crippen LogP contribution in [0.5, 0.6) is 51.7 Å². The molecule has 0 radical (unpaired) electrons. The molecule has 3 rings (SSSR count). The number of rotatable bonds is 42. The maximum Gasteiger partial charge on any atom is 0.317 e. The maximum absolute atomic E-state index is 15.2. The number of hydrogen-bond acceptors (Lipinski definition) is 11. The highest BCUT2D eigenvalue weighted by atomic mass is 32.3. The van der Waals surface area contributed by atoms with Crippen LogP contribution in [0.15, 0.2) is 51.1 Å². The Kier molecular flexibility index (Phi) is 30.6. The second kappa shape index (κ2) is 35.7. The minimum absolute atomic E-state index is 0.136. The van der Waals surface area contributed by atoms with Crippen LogP contribution in [-0.2, 0) is 8.98 Å². The molecule has 0 aromatic heterocycles. The van der Waals surface area contributed by atoms with E-state index >= 15 is 4.79 Å². The molecule has 0 saturated heterocycles. The molecule has 12 heteroatoms. The Balaban J connectivity index is 2.97. The molecule has 0 spiro atoms. The van der Waals surface area contributed by atoms with Crippen LogP contribution in [0.4, 0.5) is 0 Å². The summed E-state index contributed by atoms with van der Waals surface area (Å²) in [7, 11) is -3.55. The van der Waals surface area contributed by atoms with E-state index < -0.39 is 16.3 Å². The number of unbranched alkanes of at least 4 members (excludes halogenated alkanes) is 9. The zero-order valence-corrected chi connectivity index (χ0v) is 46.2. The molecule has 3 aromatic rings. The first kappa shape index (κ1) is 60.0. The second-order valence-corrected chi connectivity index (χ2v) is 20.3. The Morgan fingerprint density at radius 2 is 0.514 bits per heavy atom. The standard InChI is InChI=1S/C58H94O11S/c1-11-21-31-60-46-40-49(63-34-24-14-4)56(50(41-46)64-35-25-15-5)70(69-55(59)30-20-10,57-51(65-36-26-16-6)42-47(61-32-22-12-2)43-52(57)66-37-27-17-7)58-53(67-38-28-18-8)44-48(62-33-23-13-3)45-54(58)68-39-29-19-9/h40-45H,11-39H2,1-10H3. The Morgan fingerprint density at radius 1 is 0.314 bits per heavy atom. The molecule has 0 fully saturated rings. The third kappa shape index (κ3) is 19.0. The van der Waals surface area contributed by atoms with Crippen molar-refractivity contribution >= 4 is 16.3 Å². The molecule has 0 N–H and O–H groups in total. The van der Waals surface area contributed by atoms with Crippen LogP contribution in [0.25, 0.3) is 0 Å². The molecule has 0 aliphatic rings. The quantitative estimate of drug-likeness (QED) is 0.0506. The number of ether oxygens (including phenoxy) is 9. The molecule has 0 saturated carbocycles. The Hall–Kier alpha value is -4.32. The van der Waals surface area contributed by atoms with Crippen LogP contribution in [0, 0.1) is 0 Å². The Morgan fingerprint density at radius 3 is 0.700 bits per heavy atom. The molecule has 0 aliphatic heterocycles. The van der Waals surface area contributed by atoms with E-state index in [1.807, 2.05) is 43.3 Å². The summed E-state index contributed by atoms with van der Waals surface area (Å²) in [5.74, 6) is 4.20. The van der Waals surface area contributed by atoms with Gasteiger partial charge in [-0.25, -0.2) is 0 Å². The smallest absolute Gasteiger partial charge is 0.317 e. The van der Waals surface area contributed by atoms with E-state index in [1.165, 1.54) is 0 Å². The van der Waals surface area contributed by atoms with Crippen molar-refractivity contribution in [1.29, 1.82) is 0 Å². The lowest BCUT2D eigenvalue weighted by Crippen LogP contribution is -2.20. The predicted molar refractivity (Wildman–Crippen MR) is 286 cm³/mol. The predicted octanol–water partition coefficient (Wildman–Crippen LogP) is 16.8. The van der Waals surface area contributed by atoms with Crippen molar-refractivity contribution in [2.45, 2.75) is 212 Å². The van der Waals surface area contributed by atoms with E-state index in [4.69, 9.17) is 46.8 Å². The summed E-state index contributed by atoms with van der Waals surface area (Å²) >= 11 is 0. The van der Waals surface area contributed by atoms with Crippen molar-refractivity contribution in [2.75, 3.05) is 59.5 Å². The van der Waals surface area contributed by atoms with E-state index in [2.05, 4.69) is 62.3 Å². The van der Waals surface area contributed by atoms with Crippen molar-refractivity contribution in [3.8, 4) is 51.7 Å². The van der Waals surface area contributed by atoms with Gasteiger partial charge < -0.3 is 46.8 Å². The molecule has 0 bridgehead atoms. The fourth-order valence-electron chi connectivity index (χ4n) is 7.18. The van der Waals surface area contributed by atoms with Crippen molar-refractivity contribution in [2.24, 2.45) is 0 Å². The van der Waals surface area contributed by atoms with Gasteiger partial charge in [0, 0.05) is 53.1 Å². The van der Waals surface area contributed by atoms with E-state index in [0.717, 1.165) is 116 Å². The van der Waals surface area contributed by atoms with Crippen molar-refractivity contribution < 1.29 is 51.6 Å². The number of carbonyl (C=O) groups excluding carboxylic acids is 1. The van der Waals surface area contributed by atoms with Gasteiger partial charge in [0.25, 0.3) is 0 Å². The maximum atomic E-state index is 15.2. The molecule has 11 nitrogen and oxygen atoms in total. The minimum atomic E-state index is -3.55. The van der Waals surface area contributed by atoms with Crippen LogP contribution in [0.3, 0.4) is 0 Å². The van der Waals surface area contributed by atoms with E-state index in [-0.39, 0.29) is 6.42 Å². The highest BCUT2D eigenvalue weighted by Crippen LogP contribution is 2.80. The lowest BCUT2D eigenvalue weighted by atomic mass is 10.2. The van der Waals surface area contributed by atoms with Crippen molar-refractivity contribution in [1.82, 2.24) is 0 Å². The number of carbonyl (C=O) groups is 1. The third-order valence-electron chi connectivity index (χ3n) is 11.3. The largest absolute Gasteiger partial charge is 0.493 e. The Bertz CT molecular complexity index is 1590. The van der Waals surface area contributed by atoms with Crippen LogP contribution in [0.2, 0.25) is 0 Å². The summed E-state index contributed by atoms with van der Waals surface area (Å²) in [6.07, 6.45) is 16.3. The van der Waals surface area contributed by atoms with Gasteiger partial charge >= 0.3 is 5.97 Å². The number of benzene rings is 3. The lowest BCUT2D eigenvalue weighted by Gasteiger charge is -2.43. The topological polar surface area (TPSA) is 109 Å². The van der Waals surface area contributed by atoms with Gasteiger partial charge in [-0.05, 0) is 64.2 Å². The first-order valence-corrected chi connectivity index (χ1v) is 29.1. The molecule has 0 heterocycles. The van der Waals surface area contributed by atoms with Gasteiger partial charge in [-0.1, -0.05) is 127 Å². The monoisotopic (exact) mass is 999 g/mol. The molecule has 398 valence electrons. The van der Waals surface area contributed by atoms with E-state index in [0.29, 0.717) is 132 Å². The summed E-state index contributed by atoms with van der Waals surface area (Å²) in [4.78, 5) is 16.8. The normalized spacial score (nSPS) is 11.5. The van der Waals surface area contributed by atoms with Crippen LogP contribution in [0.1, 0.15) is 198 Å². The first-order chi connectivity index (χ1) is 34.3. The van der Waals surface area contributed by atoms with Crippen LogP contribution in [-0.4, -0.2) is 65.4 Å². The van der Waals surface area contributed by atoms with Gasteiger partial charge in [-0.3, -0.25) is 4.79 Å². The van der Waals surface area contributed by atoms with Gasteiger partial charge in [0.2, 0.25) is 0 Å². The van der Waals surface area contributed by atoms with Crippen LogP contribution < -0.4 is 42.6 Å². The molecular formula is C58H94O11S. The summed E-state index contributed by atoms with van der Waals surface area (Å²) in [5, 5.41) is 0. The minimum Gasteiger partial charge on any atom is -0.493 e. The van der Waals surface area contributed by atoms with Crippen molar-refractivity contribution in [3.05, 3.63) is 36.4 Å². The molecule has 0 amide bonds. The van der Waals surface area contributed by atoms with Crippen LogP contribution >= 0.6 is 10.3 Å². The van der Waals surface area contributed by atoms with Crippen molar-refractivity contribution in [3.63, 3.8) is 0 Å². The zero-order valence-electron chi connectivity index (χ0n) is 45.4. The van der Waals surface area contributed by atoms with E-state index in [9.17, 15) is 0 Å². The van der Waals surface area contributed by atoms with Gasteiger partial charge in [0.05, 0.1) is 59.5 Å². The molecular weight excluding hydrogens is 905 g/mol. The molecule has 0 unspecified atom stereocenters. The third-order valence-corrected chi connectivity index (χ3v) is 14.7. The van der Waals surface area contributed by atoms with Gasteiger partial charge in [-0.15, -0.1) is 0 Å². The average Bonchev–Trinajstić information content (AvgIpc) is 3.34. The Labute approximate surface area is 426 Å². The fraction of sp³-hybridized carbons (Fsp3) is 0.672. The van der Waals surface area contributed by atoms with E-state index in [1.54, 1.807) is 0 Å². The zero-order chi connectivity index (χ0) is 50.8. The molecule has 70 heavy (non-hydrogen) atoms. The van der Waals surface area contributed by atoms with Gasteiger partial charge in [0.1, 0.15) is 66.4 Å². The first-order valence-electron chi connectivity index (χ1n) is 27.5. The highest BCUT2D eigenvalue weighted by molar-refractivity contribution is 8.30. The lowest BCUT2D eigenvalue weighted by molar-refractivity contribution is -0.133. The average molecular weight is 999 g/mol. The summed E-state index contributed by atoms with van der Waals surface area (Å²) < 4.78 is 69.5. The molecule has 3 aromatic carbocycles. The fourth-order valence-corrected chi connectivity index (χ4v) is 10.8. The highest BCUT2D eigenvalue weighted by Gasteiger charge is 2.50. The summed E-state index contributed by atoms with van der Waals surface area (Å²) in [6, 6.07) is 11.7.